The van der Waals surface area contributed by atoms with E-state index in [1.807, 2.05) is 0 Å². The average Bonchev–Trinajstić information content (AvgIpc) is 2.95. The van der Waals surface area contributed by atoms with Crippen molar-refractivity contribution in [1.29, 1.82) is 0 Å². The zero-order chi connectivity index (χ0) is 29.1. The smallest absolute Gasteiger partial charge is 0.379 e. The molecule has 218 valence electrons. The molecule has 0 unspecified atom stereocenters. The molecule has 1 atom stereocenters. The van der Waals surface area contributed by atoms with Crippen LogP contribution in [0.4, 0.5) is 18.9 Å². The Kier molecular flexibility index (Phi) is 9.06. The Hall–Kier alpha value is -3.16. The normalized spacial score (nSPS) is 18.1. The number of benzene rings is 2. The number of hydrogen-bond acceptors (Lipinski definition) is 6. The zero-order valence-corrected chi connectivity index (χ0v) is 23.2. The first kappa shape index (κ1) is 29.8. The minimum absolute atomic E-state index is 0.0137. The maximum Gasteiger partial charge on any atom is 0.416 e. The second kappa shape index (κ2) is 12.1. The molecule has 2 aliphatic heterocycles. The van der Waals surface area contributed by atoms with Gasteiger partial charge in [-0.1, -0.05) is 26.0 Å². The summed E-state index contributed by atoms with van der Waals surface area (Å²) >= 11 is 0. The summed E-state index contributed by atoms with van der Waals surface area (Å²) in [7, 11) is -3.80. The van der Waals surface area contributed by atoms with Gasteiger partial charge in [-0.05, 0) is 42.3 Å². The molecule has 2 aromatic carbocycles. The van der Waals surface area contributed by atoms with E-state index < -0.39 is 33.7 Å². The van der Waals surface area contributed by atoms with Crippen LogP contribution in [0.3, 0.4) is 0 Å². The van der Waals surface area contributed by atoms with Crippen LogP contribution in [0.25, 0.3) is 0 Å². The van der Waals surface area contributed by atoms with Crippen LogP contribution in [0.15, 0.2) is 53.4 Å². The molecule has 13 heteroatoms. The van der Waals surface area contributed by atoms with Crippen LogP contribution >= 0.6 is 0 Å². The van der Waals surface area contributed by atoms with Crippen LogP contribution in [-0.2, 0) is 25.7 Å². The second-order valence-corrected chi connectivity index (χ2v) is 12.0. The molecule has 2 amide bonds. The molecule has 0 bridgehead atoms. The van der Waals surface area contributed by atoms with E-state index in [0.29, 0.717) is 32.0 Å². The van der Waals surface area contributed by atoms with Crippen molar-refractivity contribution in [1.82, 2.24) is 14.5 Å². The van der Waals surface area contributed by atoms with E-state index in [9.17, 15) is 31.2 Å². The predicted molar refractivity (Wildman–Crippen MR) is 142 cm³/mol. The Labute approximate surface area is 231 Å². The molecule has 0 aromatic heterocycles. The lowest BCUT2D eigenvalue weighted by molar-refractivity contribution is -0.137. The Morgan fingerprint density at radius 3 is 2.20 bits per heavy atom. The second-order valence-electron chi connectivity index (χ2n) is 10.1. The van der Waals surface area contributed by atoms with E-state index in [4.69, 9.17) is 4.74 Å². The van der Waals surface area contributed by atoms with Crippen molar-refractivity contribution in [3.05, 3.63) is 59.7 Å². The fraction of sp³-hybridized carbons (Fsp3) is 0.481. The van der Waals surface area contributed by atoms with Gasteiger partial charge in [0.15, 0.2) is 0 Å². The molecule has 0 saturated carbocycles. The molecule has 2 aliphatic rings. The van der Waals surface area contributed by atoms with Gasteiger partial charge in [0.05, 0.1) is 23.7 Å². The third-order valence-electron chi connectivity index (χ3n) is 7.05. The summed E-state index contributed by atoms with van der Waals surface area (Å²) in [6, 6.07) is 9.93. The van der Waals surface area contributed by atoms with Gasteiger partial charge in [-0.3, -0.25) is 9.59 Å². The summed E-state index contributed by atoms with van der Waals surface area (Å²) in [5.74, 6) is -1.14. The van der Waals surface area contributed by atoms with E-state index in [-0.39, 0.29) is 48.5 Å². The van der Waals surface area contributed by atoms with Gasteiger partial charge in [0.1, 0.15) is 6.04 Å². The third-order valence-corrected chi connectivity index (χ3v) is 8.95. The number of nitrogens with zero attached hydrogens (tertiary/aromatic N) is 3. The number of ether oxygens (including phenoxy) is 1. The number of piperazine rings is 1. The number of halogens is 3. The fourth-order valence-corrected chi connectivity index (χ4v) is 6.19. The number of carbonyl (C=O) groups excluding carboxylic acids is 2. The van der Waals surface area contributed by atoms with Gasteiger partial charge < -0.3 is 19.9 Å². The first-order valence-corrected chi connectivity index (χ1v) is 14.5. The third kappa shape index (κ3) is 6.76. The molecule has 0 aliphatic carbocycles. The van der Waals surface area contributed by atoms with Crippen molar-refractivity contribution >= 4 is 27.5 Å². The molecule has 0 radical (unpaired) electrons. The molecular weight excluding hydrogens is 549 g/mol. The summed E-state index contributed by atoms with van der Waals surface area (Å²) in [6.07, 6.45) is -4.44. The molecule has 2 fully saturated rings. The molecule has 2 saturated heterocycles. The molecule has 40 heavy (non-hydrogen) atoms. The Bertz CT molecular complexity index is 1320. The van der Waals surface area contributed by atoms with Crippen molar-refractivity contribution in [2.24, 2.45) is 5.92 Å². The Morgan fingerprint density at radius 1 is 0.925 bits per heavy atom. The number of morpholine rings is 1. The number of nitrogens with one attached hydrogen (secondary N) is 1. The highest BCUT2D eigenvalue weighted by Gasteiger charge is 2.34. The van der Waals surface area contributed by atoms with Crippen LogP contribution < -0.4 is 10.2 Å². The number of amides is 2. The van der Waals surface area contributed by atoms with Crippen LogP contribution in [0, 0.1) is 5.92 Å². The standard InChI is InChI=1S/C27H33F3N4O5S/c1-19(2)24(26(36)33-11-9-32(10-12-33)22-7-4-6-21(18-22)27(28,29)30)31-25(35)20-5-3-8-23(17-20)40(37,38)34-13-15-39-16-14-34/h3-8,17-19,24H,9-16H2,1-2H3,(H,31,35)/t24-/m0/s1. The molecule has 0 spiro atoms. The SMILES string of the molecule is CC(C)[C@H](NC(=O)c1cccc(S(=O)(=O)N2CCOCC2)c1)C(=O)N1CCN(c2cccc(C(F)(F)F)c2)CC1. The van der Waals surface area contributed by atoms with E-state index >= 15 is 0 Å². The minimum atomic E-state index is -4.44. The monoisotopic (exact) mass is 582 g/mol. The largest absolute Gasteiger partial charge is 0.416 e. The first-order chi connectivity index (χ1) is 18.9. The lowest BCUT2D eigenvalue weighted by atomic mass is 10.0. The Morgan fingerprint density at radius 2 is 1.57 bits per heavy atom. The quantitative estimate of drug-likeness (QED) is 0.539. The van der Waals surface area contributed by atoms with Crippen LogP contribution in [-0.4, -0.2) is 88.0 Å². The van der Waals surface area contributed by atoms with Gasteiger partial charge >= 0.3 is 6.18 Å². The number of anilines is 1. The van der Waals surface area contributed by atoms with Gasteiger partial charge in [0, 0.05) is 50.5 Å². The van der Waals surface area contributed by atoms with E-state index in [1.54, 1.807) is 29.7 Å². The van der Waals surface area contributed by atoms with Gasteiger partial charge in [-0.2, -0.15) is 17.5 Å². The van der Waals surface area contributed by atoms with Crippen molar-refractivity contribution in [2.75, 3.05) is 57.4 Å². The predicted octanol–water partition coefficient (Wildman–Crippen LogP) is 2.83. The van der Waals surface area contributed by atoms with Gasteiger partial charge in [0.25, 0.3) is 5.91 Å². The van der Waals surface area contributed by atoms with Gasteiger partial charge in [-0.15, -0.1) is 0 Å². The Balaban J connectivity index is 1.41. The average molecular weight is 583 g/mol. The van der Waals surface area contributed by atoms with Crippen LogP contribution in [0.1, 0.15) is 29.8 Å². The van der Waals surface area contributed by atoms with E-state index in [2.05, 4.69) is 5.32 Å². The van der Waals surface area contributed by atoms with Crippen molar-refractivity contribution in [3.8, 4) is 0 Å². The fourth-order valence-electron chi connectivity index (χ4n) is 4.73. The zero-order valence-electron chi connectivity index (χ0n) is 22.4. The lowest BCUT2D eigenvalue weighted by Crippen LogP contribution is -2.56. The summed E-state index contributed by atoms with van der Waals surface area (Å²) in [5.41, 5.74) is -0.183. The highest BCUT2D eigenvalue weighted by molar-refractivity contribution is 7.89. The maximum absolute atomic E-state index is 13.4. The number of carbonyl (C=O) groups is 2. The number of hydrogen-bond donors (Lipinski definition) is 1. The van der Waals surface area contributed by atoms with E-state index in [1.165, 1.54) is 34.6 Å². The van der Waals surface area contributed by atoms with Gasteiger partial charge in [-0.25, -0.2) is 8.42 Å². The highest BCUT2D eigenvalue weighted by Crippen LogP contribution is 2.32. The maximum atomic E-state index is 13.4. The molecule has 1 N–H and O–H groups in total. The molecule has 9 nitrogen and oxygen atoms in total. The summed E-state index contributed by atoms with van der Waals surface area (Å²) in [4.78, 5) is 29.9. The summed E-state index contributed by atoms with van der Waals surface area (Å²) in [5, 5.41) is 2.76. The van der Waals surface area contributed by atoms with Crippen molar-refractivity contribution in [3.63, 3.8) is 0 Å². The topological polar surface area (TPSA) is 99.3 Å². The lowest BCUT2D eigenvalue weighted by Gasteiger charge is -2.38. The minimum Gasteiger partial charge on any atom is -0.379 e. The highest BCUT2D eigenvalue weighted by atomic mass is 32.2. The molecule has 4 rings (SSSR count). The first-order valence-electron chi connectivity index (χ1n) is 13.1. The van der Waals surface area contributed by atoms with Crippen LogP contribution in [0.2, 0.25) is 0 Å². The molecular formula is C27H33F3N4O5S. The van der Waals surface area contributed by atoms with Crippen LogP contribution in [0.5, 0.6) is 0 Å². The van der Waals surface area contributed by atoms with Crippen molar-refractivity contribution < 1.29 is 35.9 Å². The van der Waals surface area contributed by atoms with Gasteiger partial charge in [0.2, 0.25) is 15.9 Å². The molecule has 2 aromatic rings. The number of sulfonamides is 1. The number of alkyl halides is 3. The molecule has 2 heterocycles. The summed E-state index contributed by atoms with van der Waals surface area (Å²) in [6.45, 7) is 5.87. The summed E-state index contributed by atoms with van der Waals surface area (Å²) < 4.78 is 71.9. The van der Waals surface area contributed by atoms with Crippen molar-refractivity contribution in [2.45, 2.75) is 31.0 Å². The van der Waals surface area contributed by atoms with E-state index in [0.717, 1.165) is 12.1 Å². The number of rotatable bonds is 7.